The van der Waals surface area contributed by atoms with Crippen LogP contribution in [0.2, 0.25) is 0 Å². The maximum atomic E-state index is 12.5. The van der Waals surface area contributed by atoms with Crippen LogP contribution in [0.4, 0.5) is 5.69 Å². The first-order valence-electron chi connectivity index (χ1n) is 10.1. The number of fused-ring (bicyclic) bond motifs is 2. The first-order chi connectivity index (χ1) is 14.7. The van der Waals surface area contributed by atoms with E-state index in [-0.39, 0.29) is 18.0 Å². The maximum Gasteiger partial charge on any atom is 0.267 e. The first-order valence-corrected chi connectivity index (χ1v) is 10.1. The van der Waals surface area contributed by atoms with Crippen LogP contribution in [0.3, 0.4) is 0 Å². The van der Waals surface area contributed by atoms with E-state index in [1.165, 1.54) is 21.9 Å². The number of benzene rings is 2. The van der Waals surface area contributed by atoms with E-state index < -0.39 is 0 Å². The molecule has 0 atom stereocenters. The van der Waals surface area contributed by atoms with Gasteiger partial charge >= 0.3 is 0 Å². The van der Waals surface area contributed by atoms with Gasteiger partial charge in [0.25, 0.3) is 5.56 Å². The van der Waals surface area contributed by atoms with Crippen molar-refractivity contribution < 1.29 is 14.3 Å². The molecule has 1 amide bonds. The number of nitrogens with zero attached hydrogens (tertiary/aromatic N) is 2. The second kappa shape index (κ2) is 7.67. The number of hydrogen-bond donors (Lipinski definition) is 1. The first kappa shape index (κ1) is 18.4. The van der Waals surface area contributed by atoms with E-state index >= 15 is 0 Å². The summed E-state index contributed by atoms with van der Waals surface area (Å²) in [6.07, 6.45) is 3.28. The number of ether oxygens (including phenoxy) is 2. The van der Waals surface area contributed by atoms with Gasteiger partial charge in [-0.25, -0.2) is 4.68 Å². The van der Waals surface area contributed by atoms with Gasteiger partial charge in [0.15, 0.2) is 11.5 Å². The van der Waals surface area contributed by atoms with Gasteiger partial charge in [-0.3, -0.25) is 9.59 Å². The largest absolute Gasteiger partial charge is 0.486 e. The topological polar surface area (TPSA) is 82.5 Å². The van der Waals surface area contributed by atoms with Crippen molar-refractivity contribution in [3.05, 3.63) is 70.0 Å². The molecule has 0 saturated heterocycles. The van der Waals surface area contributed by atoms with Gasteiger partial charge in [-0.1, -0.05) is 6.07 Å². The summed E-state index contributed by atoms with van der Waals surface area (Å²) in [4.78, 5) is 24.8. The smallest absolute Gasteiger partial charge is 0.267 e. The lowest BCUT2D eigenvalue weighted by Gasteiger charge is -2.18. The summed E-state index contributed by atoms with van der Waals surface area (Å²) in [6.45, 7) is 0.857. The zero-order valence-corrected chi connectivity index (χ0v) is 16.4. The average molecular weight is 403 g/mol. The van der Waals surface area contributed by atoms with Crippen LogP contribution in [-0.2, 0) is 24.2 Å². The number of hydrogen-bond acceptors (Lipinski definition) is 5. The van der Waals surface area contributed by atoms with E-state index in [1.807, 2.05) is 30.3 Å². The zero-order valence-electron chi connectivity index (χ0n) is 16.4. The average Bonchev–Trinajstić information content (AvgIpc) is 3.23. The van der Waals surface area contributed by atoms with Crippen molar-refractivity contribution in [3.63, 3.8) is 0 Å². The molecule has 2 aromatic carbocycles. The molecule has 0 radical (unpaired) electrons. The lowest BCUT2D eigenvalue weighted by atomic mass is 10.1. The molecule has 5 rings (SSSR count). The minimum atomic E-state index is -0.333. The third kappa shape index (κ3) is 3.66. The summed E-state index contributed by atoms with van der Waals surface area (Å²) in [7, 11) is 0. The van der Waals surface area contributed by atoms with E-state index in [9.17, 15) is 9.59 Å². The third-order valence-corrected chi connectivity index (χ3v) is 5.38. The Morgan fingerprint density at radius 1 is 0.967 bits per heavy atom. The molecule has 0 fully saturated rings. The van der Waals surface area contributed by atoms with Crippen molar-refractivity contribution >= 4 is 11.6 Å². The minimum Gasteiger partial charge on any atom is -0.486 e. The van der Waals surface area contributed by atoms with Gasteiger partial charge in [-0.2, -0.15) is 5.10 Å². The summed E-state index contributed by atoms with van der Waals surface area (Å²) >= 11 is 0. The lowest BCUT2D eigenvalue weighted by molar-refractivity contribution is -0.117. The molecule has 2 aliphatic rings. The van der Waals surface area contributed by atoms with Crippen LogP contribution >= 0.6 is 0 Å². The molecular weight excluding hydrogens is 382 g/mol. The molecule has 0 bridgehead atoms. The minimum absolute atomic E-state index is 0.158. The van der Waals surface area contributed by atoms with Crippen LogP contribution in [0.25, 0.3) is 11.3 Å². The van der Waals surface area contributed by atoms with E-state index in [2.05, 4.69) is 16.5 Å². The molecule has 30 heavy (non-hydrogen) atoms. The summed E-state index contributed by atoms with van der Waals surface area (Å²) in [5.41, 5.74) is 4.41. The summed E-state index contributed by atoms with van der Waals surface area (Å²) in [5, 5.41) is 7.25. The molecule has 7 nitrogen and oxygen atoms in total. The molecule has 1 aromatic heterocycles. The number of aromatic nitrogens is 2. The quantitative estimate of drug-likeness (QED) is 0.724. The van der Waals surface area contributed by atoms with E-state index in [0.717, 1.165) is 30.5 Å². The van der Waals surface area contributed by atoms with E-state index in [1.54, 1.807) is 6.07 Å². The van der Waals surface area contributed by atoms with Gasteiger partial charge in [-0.05, 0) is 66.8 Å². The van der Waals surface area contributed by atoms with Gasteiger partial charge in [0.2, 0.25) is 5.91 Å². The van der Waals surface area contributed by atoms with Crippen LogP contribution < -0.4 is 20.3 Å². The highest BCUT2D eigenvalue weighted by Crippen LogP contribution is 2.33. The Bertz CT molecular complexity index is 1190. The Morgan fingerprint density at radius 3 is 2.70 bits per heavy atom. The van der Waals surface area contributed by atoms with Gasteiger partial charge < -0.3 is 14.8 Å². The van der Waals surface area contributed by atoms with Gasteiger partial charge in [0, 0.05) is 17.3 Å². The summed E-state index contributed by atoms with van der Waals surface area (Å²) in [5.74, 6) is 1.04. The molecule has 0 saturated carbocycles. The molecule has 7 heteroatoms. The fourth-order valence-corrected chi connectivity index (χ4v) is 3.90. The summed E-state index contributed by atoms with van der Waals surface area (Å²) in [6, 6.07) is 14.5. The Labute approximate surface area is 173 Å². The fourth-order valence-electron chi connectivity index (χ4n) is 3.90. The number of carbonyl (C=O) groups excluding carboxylic acids is 1. The zero-order chi connectivity index (χ0) is 20.5. The van der Waals surface area contributed by atoms with E-state index in [4.69, 9.17) is 9.47 Å². The Balaban J connectivity index is 1.35. The maximum absolute atomic E-state index is 12.5. The van der Waals surface area contributed by atoms with Crippen LogP contribution in [-0.4, -0.2) is 28.9 Å². The van der Waals surface area contributed by atoms with Crippen LogP contribution in [0, 0.1) is 0 Å². The normalized spacial score (nSPS) is 14.3. The highest BCUT2D eigenvalue weighted by Gasteiger charge is 2.15. The molecule has 1 aliphatic carbocycles. The van der Waals surface area contributed by atoms with Crippen molar-refractivity contribution in [2.75, 3.05) is 18.5 Å². The van der Waals surface area contributed by atoms with Gasteiger partial charge in [-0.15, -0.1) is 0 Å². The number of anilines is 1. The highest BCUT2D eigenvalue weighted by molar-refractivity contribution is 5.90. The molecular formula is C23H21N3O4. The predicted molar refractivity (Wildman–Crippen MR) is 112 cm³/mol. The van der Waals surface area contributed by atoms with Gasteiger partial charge in [0.05, 0.1) is 5.69 Å². The highest BCUT2D eigenvalue weighted by atomic mass is 16.6. The third-order valence-electron chi connectivity index (χ3n) is 5.38. The van der Waals surface area contributed by atoms with Gasteiger partial charge in [0.1, 0.15) is 19.8 Å². The SMILES string of the molecule is O=C(Cn1nc(-c2ccc3c(c2)OCCO3)ccc1=O)Nc1ccc2c(c1)CCC2. The monoisotopic (exact) mass is 403 g/mol. The molecule has 1 aliphatic heterocycles. The number of nitrogens with one attached hydrogen (secondary N) is 1. The second-order valence-corrected chi connectivity index (χ2v) is 7.46. The molecule has 0 unspecified atom stereocenters. The van der Waals surface area contributed by atoms with Crippen molar-refractivity contribution in [3.8, 4) is 22.8 Å². The number of carbonyl (C=O) groups is 1. The van der Waals surface area contributed by atoms with Crippen molar-refractivity contribution in [1.82, 2.24) is 9.78 Å². The molecule has 2 heterocycles. The van der Waals surface area contributed by atoms with Crippen molar-refractivity contribution in [2.24, 2.45) is 0 Å². The van der Waals surface area contributed by atoms with Crippen molar-refractivity contribution in [2.45, 2.75) is 25.8 Å². The fraction of sp³-hybridized carbons (Fsp3) is 0.261. The van der Waals surface area contributed by atoms with E-state index in [0.29, 0.717) is 30.4 Å². The number of aryl methyl sites for hydroxylation is 2. The predicted octanol–water partition coefficient (Wildman–Crippen LogP) is 2.81. The van der Waals surface area contributed by atoms with Crippen molar-refractivity contribution in [1.29, 1.82) is 0 Å². The number of amides is 1. The standard InChI is InChI=1S/C23H21N3O4/c27-22(24-18-6-4-15-2-1-3-16(15)12-18)14-26-23(28)9-7-19(25-26)17-5-8-20-21(13-17)30-11-10-29-20/h4-9,12-13H,1-3,10-11,14H2,(H,24,27). The van der Waals surface area contributed by atoms with Crippen LogP contribution in [0.1, 0.15) is 17.5 Å². The summed E-state index contributed by atoms with van der Waals surface area (Å²) < 4.78 is 12.3. The number of rotatable bonds is 4. The molecule has 3 aromatic rings. The molecule has 0 spiro atoms. The van der Waals surface area contributed by atoms with Crippen LogP contribution in [0.5, 0.6) is 11.5 Å². The molecule has 152 valence electrons. The lowest BCUT2D eigenvalue weighted by Crippen LogP contribution is -2.29. The van der Waals surface area contributed by atoms with Crippen LogP contribution in [0.15, 0.2) is 53.3 Å². The Morgan fingerprint density at radius 2 is 1.80 bits per heavy atom. The Hall–Kier alpha value is -3.61. The molecule has 1 N–H and O–H groups in total. The Kier molecular flexibility index (Phi) is 4.71. The second-order valence-electron chi connectivity index (χ2n) is 7.46.